The second kappa shape index (κ2) is 6.37. The number of urea groups is 1. The minimum Gasteiger partial charge on any atom is -0.462 e. The predicted molar refractivity (Wildman–Crippen MR) is 90.3 cm³/mol. The van der Waals surface area contributed by atoms with Gasteiger partial charge in [0.1, 0.15) is 5.54 Å². The van der Waals surface area contributed by atoms with Crippen LogP contribution in [0.15, 0.2) is 28.2 Å². The largest absolute Gasteiger partial charge is 0.462 e. The van der Waals surface area contributed by atoms with Crippen molar-refractivity contribution in [1.82, 2.24) is 15.2 Å². The SMILES string of the molecule is CC1(C)NC(=O)N(CCSCc2csc(-c3ccco3)n2)C1=O. The van der Waals surface area contributed by atoms with Gasteiger partial charge in [-0.05, 0) is 26.0 Å². The normalized spacial score (nSPS) is 16.9. The average molecular weight is 351 g/mol. The van der Waals surface area contributed by atoms with Crippen molar-refractivity contribution < 1.29 is 14.0 Å². The molecule has 122 valence electrons. The van der Waals surface area contributed by atoms with Crippen LogP contribution in [-0.2, 0) is 10.5 Å². The first kappa shape index (κ1) is 16.1. The molecule has 0 unspecified atom stereocenters. The lowest BCUT2D eigenvalue weighted by molar-refractivity contribution is -0.130. The van der Waals surface area contributed by atoms with Crippen LogP contribution in [0.2, 0.25) is 0 Å². The molecule has 0 saturated carbocycles. The summed E-state index contributed by atoms with van der Waals surface area (Å²) in [4.78, 5) is 29.6. The van der Waals surface area contributed by atoms with Gasteiger partial charge in [-0.3, -0.25) is 9.69 Å². The van der Waals surface area contributed by atoms with E-state index in [0.717, 1.165) is 22.2 Å². The fourth-order valence-electron chi connectivity index (χ4n) is 2.24. The van der Waals surface area contributed by atoms with Crippen LogP contribution in [-0.4, -0.2) is 39.7 Å². The fourth-order valence-corrected chi connectivity index (χ4v) is 3.94. The summed E-state index contributed by atoms with van der Waals surface area (Å²) in [6.45, 7) is 3.84. The van der Waals surface area contributed by atoms with Gasteiger partial charge in [-0.1, -0.05) is 0 Å². The fraction of sp³-hybridized carbons (Fsp3) is 0.400. The standard InChI is InChI=1S/C15H17N3O3S2/c1-15(2)13(19)18(14(20)17-15)5-7-22-8-10-9-23-12(16-10)11-4-3-6-21-11/h3-4,6,9H,5,7-8H2,1-2H3,(H,17,20). The number of hydrogen-bond donors (Lipinski definition) is 1. The van der Waals surface area contributed by atoms with E-state index in [9.17, 15) is 9.59 Å². The van der Waals surface area contributed by atoms with Gasteiger partial charge in [0, 0.05) is 23.4 Å². The van der Waals surface area contributed by atoms with Gasteiger partial charge < -0.3 is 9.73 Å². The molecule has 1 aliphatic heterocycles. The van der Waals surface area contributed by atoms with Gasteiger partial charge in [0.05, 0.1) is 12.0 Å². The predicted octanol–water partition coefficient (Wildman–Crippen LogP) is 2.97. The molecule has 1 fully saturated rings. The molecule has 0 atom stereocenters. The first-order valence-corrected chi connectivity index (χ1v) is 9.21. The quantitative estimate of drug-likeness (QED) is 0.640. The van der Waals surface area contributed by atoms with Gasteiger partial charge in [-0.25, -0.2) is 9.78 Å². The summed E-state index contributed by atoms with van der Waals surface area (Å²) in [5, 5.41) is 5.54. The average Bonchev–Trinajstić information content (AvgIpc) is 3.19. The number of nitrogens with zero attached hydrogens (tertiary/aromatic N) is 2. The molecule has 23 heavy (non-hydrogen) atoms. The Morgan fingerprint density at radius 1 is 1.43 bits per heavy atom. The zero-order valence-electron chi connectivity index (χ0n) is 12.9. The number of furan rings is 1. The zero-order valence-corrected chi connectivity index (χ0v) is 14.5. The summed E-state index contributed by atoms with van der Waals surface area (Å²) in [6, 6.07) is 3.41. The highest BCUT2D eigenvalue weighted by Crippen LogP contribution is 2.26. The first-order valence-electron chi connectivity index (χ1n) is 7.17. The van der Waals surface area contributed by atoms with Crippen LogP contribution < -0.4 is 5.32 Å². The molecule has 0 spiro atoms. The Labute approximate surface area is 142 Å². The third kappa shape index (κ3) is 3.42. The van der Waals surface area contributed by atoms with E-state index in [1.54, 1.807) is 43.2 Å². The van der Waals surface area contributed by atoms with Gasteiger partial charge in [-0.2, -0.15) is 11.8 Å². The Balaban J connectivity index is 1.47. The van der Waals surface area contributed by atoms with E-state index in [0.29, 0.717) is 12.3 Å². The lowest BCUT2D eigenvalue weighted by atomic mass is 10.1. The van der Waals surface area contributed by atoms with Crippen LogP contribution in [0, 0.1) is 0 Å². The highest BCUT2D eigenvalue weighted by Gasteiger charge is 2.43. The summed E-state index contributed by atoms with van der Waals surface area (Å²) in [6.07, 6.45) is 1.63. The van der Waals surface area contributed by atoms with Crippen LogP contribution >= 0.6 is 23.1 Å². The van der Waals surface area contributed by atoms with E-state index >= 15 is 0 Å². The van der Waals surface area contributed by atoms with Crippen molar-refractivity contribution in [3.63, 3.8) is 0 Å². The maximum atomic E-state index is 12.0. The Morgan fingerprint density at radius 2 is 2.26 bits per heavy atom. The van der Waals surface area contributed by atoms with E-state index in [1.807, 2.05) is 17.5 Å². The molecule has 1 N–H and O–H groups in total. The van der Waals surface area contributed by atoms with E-state index < -0.39 is 5.54 Å². The van der Waals surface area contributed by atoms with E-state index in [1.165, 1.54) is 4.90 Å². The summed E-state index contributed by atoms with van der Waals surface area (Å²) in [7, 11) is 0. The molecule has 8 heteroatoms. The Morgan fingerprint density at radius 3 is 2.91 bits per heavy atom. The molecule has 1 aliphatic rings. The van der Waals surface area contributed by atoms with Gasteiger partial charge in [0.25, 0.3) is 5.91 Å². The number of imide groups is 1. The number of thiazole rings is 1. The number of amides is 3. The Hall–Kier alpha value is -1.80. The maximum Gasteiger partial charge on any atom is 0.325 e. The molecule has 3 rings (SSSR count). The van der Waals surface area contributed by atoms with Crippen LogP contribution in [0.25, 0.3) is 10.8 Å². The summed E-state index contributed by atoms with van der Waals surface area (Å²) in [5.41, 5.74) is 0.179. The second-order valence-electron chi connectivity index (χ2n) is 5.69. The molecule has 0 aromatic carbocycles. The summed E-state index contributed by atoms with van der Waals surface area (Å²) < 4.78 is 5.32. The molecule has 6 nitrogen and oxygen atoms in total. The lowest BCUT2D eigenvalue weighted by Crippen LogP contribution is -2.40. The summed E-state index contributed by atoms with van der Waals surface area (Å²) >= 11 is 3.19. The minimum atomic E-state index is -0.797. The number of nitrogens with one attached hydrogen (secondary N) is 1. The zero-order chi connectivity index (χ0) is 16.4. The third-order valence-corrected chi connectivity index (χ3v) is 5.31. The number of carbonyl (C=O) groups excluding carboxylic acids is 2. The van der Waals surface area contributed by atoms with E-state index in [4.69, 9.17) is 4.42 Å². The summed E-state index contributed by atoms with van der Waals surface area (Å²) in [5.74, 6) is 2.03. The second-order valence-corrected chi connectivity index (χ2v) is 7.65. The topological polar surface area (TPSA) is 75.4 Å². The Kier molecular flexibility index (Phi) is 4.45. The van der Waals surface area contributed by atoms with Crippen LogP contribution in [0.4, 0.5) is 4.79 Å². The van der Waals surface area contributed by atoms with Crippen molar-refractivity contribution >= 4 is 35.0 Å². The number of rotatable bonds is 6. The maximum absolute atomic E-state index is 12.0. The van der Waals surface area contributed by atoms with E-state index in [2.05, 4.69) is 10.3 Å². The lowest BCUT2D eigenvalue weighted by Gasteiger charge is -2.15. The van der Waals surface area contributed by atoms with Crippen LogP contribution in [0.1, 0.15) is 19.5 Å². The number of aromatic nitrogens is 1. The van der Waals surface area contributed by atoms with Crippen molar-refractivity contribution in [1.29, 1.82) is 0 Å². The third-order valence-electron chi connectivity index (χ3n) is 3.44. The molecule has 3 heterocycles. The van der Waals surface area contributed by atoms with Crippen molar-refractivity contribution in [2.45, 2.75) is 25.1 Å². The monoisotopic (exact) mass is 351 g/mol. The van der Waals surface area contributed by atoms with Crippen molar-refractivity contribution in [2.75, 3.05) is 12.3 Å². The van der Waals surface area contributed by atoms with Crippen molar-refractivity contribution in [2.24, 2.45) is 0 Å². The molecule has 0 radical (unpaired) electrons. The smallest absolute Gasteiger partial charge is 0.325 e. The molecule has 2 aromatic heterocycles. The molecule has 0 aliphatic carbocycles. The number of carbonyl (C=O) groups is 2. The molecule has 2 aromatic rings. The van der Waals surface area contributed by atoms with Crippen molar-refractivity contribution in [3.05, 3.63) is 29.5 Å². The van der Waals surface area contributed by atoms with E-state index in [-0.39, 0.29) is 11.9 Å². The first-order chi connectivity index (χ1) is 11.0. The highest BCUT2D eigenvalue weighted by atomic mass is 32.2. The number of hydrogen-bond acceptors (Lipinski definition) is 6. The number of thioether (sulfide) groups is 1. The molecular weight excluding hydrogens is 334 g/mol. The molecular formula is C15H17N3O3S2. The van der Waals surface area contributed by atoms with Gasteiger partial charge in [0.15, 0.2) is 10.8 Å². The van der Waals surface area contributed by atoms with Gasteiger partial charge in [-0.15, -0.1) is 11.3 Å². The molecule has 3 amide bonds. The van der Waals surface area contributed by atoms with Crippen LogP contribution in [0.5, 0.6) is 0 Å². The van der Waals surface area contributed by atoms with Crippen LogP contribution in [0.3, 0.4) is 0 Å². The van der Waals surface area contributed by atoms with Gasteiger partial charge >= 0.3 is 6.03 Å². The highest BCUT2D eigenvalue weighted by molar-refractivity contribution is 7.98. The van der Waals surface area contributed by atoms with Crippen molar-refractivity contribution in [3.8, 4) is 10.8 Å². The minimum absolute atomic E-state index is 0.170. The molecule has 0 bridgehead atoms. The Bertz CT molecular complexity index is 709. The van der Waals surface area contributed by atoms with Gasteiger partial charge in [0.2, 0.25) is 0 Å². The molecule has 1 saturated heterocycles.